The van der Waals surface area contributed by atoms with E-state index < -0.39 is 0 Å². The lowest BCUT2D eigenvalue weighted by Gasteiger charge is -2.04. The van der Waals surface area contributed by atoms with E-state index in [-0.39, 0.29) is 0 Å². The Balaban J connectivity index is 1.85. The van der Waals surface area contributed by atoms with Crippen molar-refractivity contribution in [3.8, 4) is 0 Å². The molecule has 18 heavy (non-hydrogen) atoms. The van der Waals surface area contributed by atoms with E-state index in [1.165, 1.54) is 0 Å². The number of rotatable bonds is 4. The van der Waals surface area contributed by atoms with Gasteiger partial charge in [-0.25, -0.2) is 4.99 Å². The van der Waals surface area contributed by atoms with E-state index in [1.807, 2.05) is 37.3 Å². The molecule has 0 saturated heterocycles. The minimum Gasteiger partial charge on any atom is -0.370 e. The number of benzene rings is 1. The summed E-state index contributed by atoms with van der Waals surface area (Å²) in [6, 6.07) is 9.97. The lowest BCUT2D eigenvalue weighted by molar-refractivity contribution is 0.414. The molecule has 1 aromatic carbocycles. The highest BCUT2D eigenvalue weighted by molar-refractivity contribution is 5.77. The van der Waals surface area contributed by atoms with Gasteiger partial charge in [0.2, 0.25) is 0 Å². The van der Waals surface area contributed by atoms with Crippen LogP contribution in [0.2, 0.25) is 0 Å². The fraction of sp³-hybridized carbons (Fsp3) is 0.231. The summed E-state index contributed by atoms with van der Waals surface area (Å²) in [5.74, 6) is 0.416. The lowest BCUT2D eigenvalue weighted by Crippen LogP contribution is -2.31. The van der Waals surface area contributed by atoms with Gasteiger partial charge in [-0.05, 0) is 12.5 Å². The molecule has 3 N–H and O–H groups in total. The minimum absolute atomic E-state index is 0.416. The standard InChI is InChI=1S/C13H16N4O/c1-10-12(9-18-17-10)8-16-13(14)15-7-11-5-3-2-4-6-11/h2-6,9H,7-8H2,1H3,(H3,14,15,16). The topological polar surface area (TPSA) is 76.4 Å². The highest BCUT2D eigenvalue weighted by Crippen LogP contribution is 2.03. The second-order valence-corrected chi connectivity index (χ2v) is 3.97. The van der Waals surface area contributed by atoms with Crippen molar-refractivity contribution < 1.29 is 4.52 Å². The summed E-state index contributed by atoms with van der Waals surface area (Å²) in [5, 5.41) is 6.82. The zero-order valence-corrected chi connectivity index (χ0v) is 10.3. The van der Waals surface area contributed by atoms with Crippen LogP contribution in [-0.2, 0) is 13.1 Å². The molecule has 1 heterocycles. The maximum absolute atomic E-state index is 5.78. The molecule has 2 aromatic rings. The Kier molecular flexibility index (Phi) is 3.96. The van der Waals surface area contributed by atoms with Crippen molar-refractivity contribution in [2.75, 3.05) is 0 Å². The Labute approximate surface area is 106 Å². The van der Waals surface area contributed by atoms with Crippen molar-refractivity contribution in [2.24, 2.45) is 10.7 Å². The highest BCUT2D eigenvalue weighted by Gasteiger charge is 2.02. The molecule has 1 aromatic heterocycles. The number of aliphatic imine (C=N–C) groups is 1. The number of aromatic nitrogens is 1. The first-order valence-electron chi connectivity index (χ1n) is 5.73. The highest BCUT2D eigenvalue weighted by atomic mass is 16.5. The normalized spacial score (nSPS) is 11.5. The Morgan fingerprint density at radius 3 is 2.83 bits per heavy atom. The summed E-state index contributed by atoms with van der Waals surface area (Å²) < 4.78 is 4.84. The molecular formula is C13H16N4O. The average Bonchev–Trinajstić information content (AvgIpc) is 2.81. The van der Waals surface area contributed by atoms with Gasteiger partial charge < -0.3 is 15.6 Å². The van der Waals surface area contributed by atoms with Crippen molar-refractivity contribution in [3.05, 3.63) is 53.4 Å². The quantitative estimate of drug-likeness (QED) is 0.632. The van der Waals surface area contributed by atoms with Crippen LogP contribution in [0, 0.1) is 6.92 Å². The molecule has 0 amide bonds. The molecule has 0 spiro atoms. The van der Waals surface area contributed by atoms with Gasteiger partial charge in [-0.15, -0.1) is 0 Å². The Bertz CT molecular complexity index is 519. The molecule has 5 nitrogen and oxygen atoms in total. The van der Waals surface area contributed by atoms with Crippen LogP contribution < -0.4 is 11.1 Å². The van der Waals surface area contributed by atoms with E-state index in [1.54, 1.807) is 6.26 Å². The SMILES string of the molecule is Cc1nocc1CNC(N)=NCc1ccccc1. The molecule has 2 rings (SSSR count). The van der Waals surface area contributed by atoms with E-state index in [0.717, 1.165) is 16.8 Å². The van der Waals surface area contributed by atoms with Crippen LogP contribution in [0.25, 0.3) is 0 Å². The second kappa shape index (κ2) is 5.86. The van der Waals surface area contributed by atoms with E-state index in [4.69, 9.17) is 10.3 Å². The van der Waals surface area contributed by atoms with E-state index in [9.17, 15) is 0 Å². The maximum atomic E-state index is 5.78. The molecule has 0 fully saturated rings. The molecule has 0 saturated carbocycles. The van der Waals surface area contributed by atoms with Gasteiger partial charge in [0.1, 0.15) is 6.26 Å². The first kappa shape index (κ1) is 12.2. The van der Waals surface area contributed by atoms with Crippen molar-refractivity contribution in [2.45, 2.75) is 20.0 Å². The molecule has 0 atom stereocenters. The maximum Gasteiger partial charge on any atom is 0.189 e. The number of guanidine groups is 1. The first-order chi connectivity index (χ1) is 8.75. The van der Waals surface area contributed by atoms with Gasteiger partial charge in [0.25, 0.3) is 0 Å². The zero-order chi connectivity index (χ0) is 12.8. The molecule has 0 aliphatic heterocycles. The van der Waals surface area contributed by atoms with Crippen LogP contribution in [0.4, 0.5) is 0 Å². The summed E-state index contributed by atoms with van der Waals surface area (Å²) in [5.41, 5.74) is 8.74. The third kappa shape index (κ3) is 3.35. The molecule has 0 radical (unpaired) electrons. The fourth-order valence-corrected chi connectivity index (χ4v) is 1.48. The fourth-order valence-electron chi connectivity index (χ4n) is 1.48. The van der Waals surface area contributed by atoms with Gasteiger partial charge in [-0.2, -0.15) is 0 Å². The molecule has 0 unspecified atom stereocenters. The van der Waals surface area contributed by atoms with Crippen molar-refractivity contribution in [3.63, 3.8) is 0 Å². The molecule has 5 heteroatoms. The van der Waals surface area contributed by atoms with Gasteiger partial charge in [0.15, 0.2) is 5.96 Å². The van der Waals surface area contributed by atoms with Crippen LogP contribution in [0.1, 0.15) is 16.8 Å². The van der Waals surface area contributed by atoms with Gasteiger partial charge >= 0.3 is 0 Å². The zero-order valence-electron chi connectivity index (χ0n) is 10.3. The molecule has 0 aliphatic rings. The number of hydrogen-bond donors (Lipinski definition) is 2. The number of aryl methyl sites for hydroxylation is 1. The number of nitrogens with one attached hydrogen (secondary N) is 1. The summed E-state index contributed by atoms with van der Waals surface area (Å²) in [6.07, 6.45) is 1.60. The third-order valence-corrected chi connectivity index (χ3v) is 2.58. The summed E-state index contributed by atoms with van der Waals surface area (Å²) in [6.45, 7) is 3.03. The second-order valence-electron chi connectivity index (χ2n) is 3.97. The van der Waals surface area contributed by atoms with Gasteiger partial charge in [-0.1, -0.05) is 35.5 Å². The van der Waals surface area contributed by atoms with Gasteiger partial charge in [0, 0.05) is 12.1 Å². The Hall–Kier alpha value is -2.30. The number of nitrogens with two attached hydrogens (primary N) is 1. The monoisotopic (exact) mass is 244 g/mol. The first-order valence-corrected chi connectivity index (χ1v) is 5.73. The number of nitrogens with zero attached hydrogens (tertiary/aromatic N) is 2. The van der Waals surface area contributed by atoms with E-state index in [0.29, 0.717) is 19.0 Å². The predicted octanol–water partition coefficient (Wildman–Crippen LogP) is 1.59. The molecular weight excluding hydrogens is 228 g/mol. The molecule has 94 valence electrons. The lowest BCUT2D eigenvalue weighted by atomic mass is 10.2. The van der Waals surface area contributed by atoms with Crippen LogP contribution in [0.5, 0.6) is 0 Å². The average molecular weight is 244 g/mol. The van der Waals surface area contributed by atoms with E-state index in [2.05, 4.69) is 15.5 Å². The Morgan fingerprint density at radius 1 is 1.39 bits per heavy atom. The third-order valence-electron chi connectivity index (χ3n) is 2.58. The van der Waals surface area contributed by atoms with Crippen LogP contribution in [0.15, 0.2) is 46.1 Å². The summed E-state index contributed by atoms with van der Waals surface area (Å²) in [7, 11) is 0. The van der Waals surface area contributed by atoms with Crippen LogP contribution >= 0.6 is 0 Å². The Morgan fingerprint density at radius 2 is 2.17 bits per heavy atom. The summed E-state index contributed by atoms with van der Waals surface area (Å²) in [4.78, 5) is 4.26. The molecule has 0 aliphatic carbocycles. The molecule has 0 bridgehead atoms. The predicted molar refractivity (Wildman–Crippen MR) is 69.8 cm³/mol. The van der Waals surface area contributed by atoms with Gasteiger partial charge in [-0.3, -0.25) is 0 Å². The summed E-state index contributed by atoms with van der Waals surface area (Å²) >= 11 is 0. The van der Waals surface area contributed by atoms with Crippen LogP contribution in [-0.4, -0.2) is 11.1 Å². The van der Waals surface area contributed by atoms with E-state index >= 15 is 0 Å². The van der Waals surface area contributed by atoms with Crippen LogP contribution in [0.3, 0.4) is 0 Å². The number of hydrogen-bond acceptors (Lipinski definition) is 3. The van der Waals surface area contributed by atoms with Gasteiger partial charge in [0.05, 0.1) is 12.2 Å². The van der Waals surface area contributed by atoms with Crippen molar-refractivity contribution in [1.29, 1.82) is 0 Å². The van der Waals surface area contributed by atoms with Crippen molar-refractivity contribution >= 4 is 5.96 Å². The largest absolute Gasteiger partial charge is 0.370 e. The van der Waals surface area contributed by atoms with Crippen molar-refractivity contribution in [1.82, 2.24) is 10.5 Å². The smallest absolute Gasteiger partial charge is 0.189 e. The minimum atomic E-state index is 0.416.